The second-order valence-electron chi connectivity index (χ2n) is 8.12. The van der Waals surface area contributed by atoms with Crippen LogP contribution in [-0.4, -0.2) is 11.6 Å². The lowest BCUT2D eigenvalue weighted by atomic mass is 9.89. The van der Waals surface area contributed by atoms with Gasteiger partial charge in [0.05, 0.1) is 18.4 Å². The van der Waals surface area contributed by atoms with Gasteiger partial charge in [-0.3, -0.25) is 4.98 Å². The van der Waals surface area contributed by atoms with Crippen LogP contribution in [-0.2, 0) is 11.2 Å². The molecule has 0 aliphatic carbocycles. The third-order valence-corrected chi connectivity index (χ3v) is 5.97. The van der Waals surface area contributed by atoms with Gasteiger partial charge in [0.15, 0.2) is 11.6 Å². The first-order valence-electron chi connectivity index (χ1n) is 10.7. The number of halogens is 2. The molecule has 1 saturated heterocycles. The fraction of sp³-hybridized carbons (Fsp3) is 0.346. The Balaban J connectivity index is 1.41. The predicted octanol–water partition coefficient (Wildman–Crippen LogP) is 6.92. The van der Waals surface area contributed by atoms with Crippen molar-refractivity contribution in [2.75, 3.05) is 6.61 Å². The van der Waals surface area contributed by atoms with Crippen molar-refractivity contribution in [2.45, 2.75) is 51.6 Å². The van der Waals surface area contributed by atoms with E-state index in [-0.39, 0.29) is 12.0 Å². The minimum Gasteiger partial charge on any atom is -0.373 e. The van der Waals surface area contributed by atoms with Crippen molar-refractivity contribution < 1.29 is 13.5 Å². The summed E-state index contributed by atoms with van der Waals surface area (Å²) in [6.07, 6.45) is 5.54. The van der Waals surface area contributed by atoms with E-state index in [4.69, 9.17) is 4.74 Å². The highest BCUT2D eigenvalue weighted by Gasteiger charge is 2.27. The van der Waals surface area contributed by atoms with Gasteiger partial charge in [-0.05, 0) is 54.5 Å². The van der Waals surface area contributed by atoms with Gasteiger partial charge in [0.1, 0.15) is 0 Å². The molecule has 0 bridgehead atoms. The lowest BCUT2D eigenvalue weighted by Crippen LogP contribution is -2.20. The van der Waals surface area contributed by atoms with Crippen LogP contribution in [0.5, 0.6) is 0 Å². The first-order chi connectivity index (χ1) is 14.6. The van der Waals surface area contributed by atoms with Crippen LogP contribution in [0.15, 0.2) is 54.7 Å². The molecule has 2 unspecified atom stereocenters. The lowest BCUT2D eigenvalue weighted by Gasteiger charge is -2.30. The number of rotatable bonds is 5. The van der Waals surface area contributed by atoms with E-state index in [0.29, 0.717) is 17.7 Å². The molecule has 0 saturated carbocycles. The average Bonchev–Trinajstić information content (AvgIpc) is 2.79. The molecule has 4 rings (SSSR count). The summed E-state index contributed by atoms with van der Waals surface area (Å²) in [5.74, 6) is -1.61. The maximum atomic E-state index is 14.3. The Kier molecular flexibility index (Phi) is 6.24. The van der Waals surface area contributed by atoms with Crippen molar-refractivity contribution in [3.05, 3.63) is 88.6 Å². The molecular weight excluding hydrogens is 380 g/mol. The largest absolute Gasteiger partial charge is 0.373 e. The number of pyridine rings is 1. The second kappa shape index (κ2) is 9.05. The zero-order valence-electron chi connectivity index (χ0n) is 17.5. The van der Waals surface area contributed by atoms with E-state index in [1.165, 1.54) is 5.56 Å². The third kappa shape index (κ3) is 4.29. The van der Waals surface area contributed by atoms with E-state index in [1.807, 2.05) is 12.3 Å². The number of aromatic nitrogens is 1. The molecule has 2 aromatic carbocycles. The first-order valence-corrected chi connectivity index (χ1v) is 10.7. The molecule has 3 aromatic rings. The zero-order chi connectivity index (χ0) is 21.1. The van der Waals surface area contributed by atoms with Crippen LogP contribution in [0.4, 0.5) is 8.78 Å². The van der Waals surface area contributed by atoms with Gasteiger partial charge < -0.3 is 4.74 Å². The zero-order valence-corrected chi connectivity index (χ0v) is 17.5. The van der Waals surface area contributed by atoms with Gasteiger partial charge in [0.2, 0.25) is 0 Å². The number of ether oxygens (including phenoxy) is 1. The molecule has 0 N–H and O–H groups in total. The maximum absolute atomic E-state index is 14.3. The standard InChI is InChI=1S/C26H27F2NO/c1-3-4-18-6-8-19(9-7-18)23-13-10-20(15-29-23)24-14-11-21(16-30-24)22-12-5-17(2)25(27)26(22)28/h5-10,12-13,15,21,24H,3-4,11,14,16H2,1-2H3. The Morgan fingerprint density at radius 1 is 0.967 bits per heavy atom. The van der Waals surface area contributed by atoms with E-state index < -0.39 is 11.6 Å². The highest BCUT2D eigenvalue weighted by atomic mass is 19.2. The van der Waals surface area contributed by atoms with Crippen molar-refractivity contribution in [3.8, 4) is 11.3 Å². The summed E-state index contributed by atoms with van der Waals surface area (Å²) in [5, 5.41) is 0. The summed E-state index contributed by atoms with van der Waals surface area (Å²) < 4.78 is 34.2. The fourth-order valence-electron chi connectivity index (χ4n) is 4.13. The van der Waals surface area contributed by atoms with Gasteiger partial charge in [-0.15, -0.1) is 0 Å². The molecule has 2 nitrogen and oxygen atoms in total. The summed E-state index contributed by atoms with van der Waals surface area (Å²) in [6.45, 7) is 4.13. The third-order valence-electron chi connectivity index (χ3n) is 5.97. The van der Waals surface area contributed by atoms with Gasteiger partial charge in [-0.1, -0.05) is 55.8 Å². The van der Waals surface area contributed by atoms with Crippen molar-refractivity contribution in [3.63, 3.8) is 0 Å². The van der Waals surface area contributed by atoms with Gasteiger partial charge in [-0.25, -0.2) is 8.78 Å². The number of benzene rings is 2. The van der Waals surface area contributed by atoms with E-state index in [9.17, 15) is 8.78 Å². The summed E-state index contributed by atoms with van der Waals surface area (Å²) in [7, 11) is 0. The van der Waals surface area contributed by atoms with Crippen molar-refractivity contribution >= 4 is 0 Å². The maximum Gasteiger partial charge on any atom is 0.162 e. The number of hydrogen-bond acceptors (Lipinski definition) is 2. The Bertz CT molecular complexity index is 991. The van der Waals surface area contributed by atoms with Crippen molar-refractivity contribution in [1.29, 1.82) is 0 Å². The molecule has 0 amide bonds. The van der Waals surface area contributed by atoms with Gasteiger partial charge >= 0.3 is 0 Å². The summed E-state index contributed by atoms with van der Waals surface area (Å²) in [6, 6.07) is 15.9. The minimum absolute atomic E-state index is 0.0620. The molecule has 1 aliphatic rings. The average molecular weight is 408 g/mol. The van der Waals surface area contributed by atoms with E-state index >= 15 is 0 Å². The van der Waals surface area contributed by atoms with Gasteiger partial charge in [0, 0.05) is 17.7 Å². The number of hydrogen-bond donors (Lipinski definition) is 0. The Morgan fingerprint density at radius 2 is 1.77 bits per heavy atom. The van der Waals surface area contributed by atoms with E-state index in [1.54, 1.807) is 19.1 Å². The number of nitrogens with zero attached hydrogens (tertiary/aromatic N) is 1. The van der Waals surface area contributed by atoms with E-state index in [0.717, 1.165) is 42.5 Å². The second-order valence-corrected chi connectivity index (χ2v) is 8.12. The van der Waals surface area contributed by atoms with Crippen LogP contribution in [0.3, 0.4) is 0 Å². The molecule has 2 heterocycles. The van der Waals surface area contributed by atoms with Crippen LogP contribution < -0.4 is 0 Å². The van der Waals surface area contributed by atoms with E-state index in [2.05, 4.69) is 42.2 Å². The summed E-state index contributed by atoms with van der Waals surface area (Å²) >= 11 is 0. The summed E-state index contributed by atoms with van der Waals surface area (Å²) in [4.78, 5) is 4.62. The van der Waals surface area contributed by atoms with Crippen molar-refractivity contribution in [1.82, 2.24) is 4.98 Å². The molecule has 1 fully saturated rings. The molecule has 156 valence electrons. The van der Waals surface area contributed by atoms with Crippen molar-refractivity contribution in [2.24, 2.45) is 0 Å². The Labute approximate surface area is 176 Å². The Morgan fingerprint density at radius 3 is 2.40 bits per heavy atom. The molecule has 0 spiro atoms. The lowest BCUT2D eigenvalue weighted by molar-refractivity contribution is 0.00145. The minimum atomic E-state index is -0.753. The molecule has 1 aliphatic heterocycles. The predicted molar refractivity (Wildman–Crippen MR) is 115 cm³/mol. The highest BCUT2D eigenvalue weighted by Crippen LogP contribution is 2.37. The highest BCUT2D eigenvalue weighted by molar-refractivity contribution is 5.59. The smallest absolute Gasteiger partial charge is 0.162 e. The fourth-order valence-corrected chi connectivity index (χ4v) is 4.13. The molecular formula is C26H27F2NO. The van der Waals surface area contributed by atoms with Crippen LogP contribution in [0, 0.1) is 18.6 Å². The van der Waals surface area contributed by atoms with Crippen LogP contribution in [0.25, 0.3) is 11.3 Å². The first kappa shape index (κ1) is 20.7. The number of aryl methyl sites for hydroxylation is 2. The topological polar surface area (TPSA) is 22.1 Å². The molecule has 2 atom stereocenters. The summed E-state index contributed by atoms with van der Waals surface area (Å²) in [5.41, 5.74) is 5.15. The normalized spacial score (nSPS) is 19.1. The molecule has 0 radical (unpaired) electrons. The quantitative estimate of drug-likeness (QED) is 0.458. The monoisotopic (exact) mass is 407 g/mol. The molecule has 1 aromatic heterocycles. The molecule has 4 heteroatoms. The van der Waals surface area contributed by atoms with Gasteiger partial charge in [-0.2, -0.15) is 0 Å². The SMILES string of the molecule is CCCc1ccc(-c2ccc(C3CCC(c4ccc(C)c(F)c4F)CO3)cn2)cc1. The molecule has 30 heavy (non-hydrogen) atoms. The van der Waals surface area contributed by atoms with Gasteiger partial charge in [0.25, 0.3) is 0 Å². The van der Waals surface area contributed by atoms with Crippen LogP contribution in [0.1, 0.15) is 60.5 Å². The van der Waals surface area contributed by atoms with Crippen LogP contribution >= 0.6 is 0 Å². The van der Waals surface area contributed by atoms with Crippen LogP contribution in [0.2, 0.25) is 0 Å². The Hall–Kier alpha value is -2.59.